The number of carboxylic acid groups (broad SMARTS) is 1. The summed E-state index contributed by atoms with van der Waals surface area (Å²) in [5.41, 5.74) is 1.46. The molecule has 1 aromatic rings. The lowest BCUT2D eigenvalue weighted by molar-refractivity contribution is -0.131. The Labute approximate surface area is 101 Å². The lowest BCUT2D eigenvalue weighted by Crippen LogP contribution is -2.10. The molecule has 1 aromatic carbocycles. The van der Waals surface area contributed by atoms with Gasteiger partial charge in [0.2, 0.25) is 0 Å². The number of aliphatic carboxylic acids is 1. The van der Waals surface area contributed by atoms with E-state index in [9.17, 15) is 4.79 Å². The van der Waals surface area contributed by atoms with Gasteiger partial charge in [0.25, 0.3) is 0 Å². The van der Waals surface area contributed by atoms with Crippen LogP contribution < -0.4 is 0 Å². The van der Waals surface area contributed by atoms with Crippen molar-refractivity contribution < 1.29 is 9.90 Å². The van der Waals surface area contributed by atoms with Crippen LogP contribution in [0.4, 0.5) is 0 Å². The molecule has 2 nitrogen and oxygen atoms in total. The van der Waals surface area contributed by atoms with Crippen molar-refractivity contribution in [3.05, 3.63) is 40.9 Å². The quantitative estimate of drug-likeness (QED) is 0.795. The molecule has 0 aliphatic heterocycles. The average Bonchev–Trinajstić information content (AvgIpc) is 2.14. The molecule has 0 heterocycles. The molecule has 3 heteroatoms. The van der Waals surface area contributed by atoms with E-state index in [1.165, 1.54) is 6.08 Å². The van der Waals surface area contributed by atoms with E-state index in [0.717, 1.165) is 11.1 Å². The zero-order valence-corrected chi connectivity index (χ0v) is 10.4. The number of benzene rings is 1. The summed E-state index contributed by atoms with van der Waals surface area (Å²) >= 11 is 5.80. The van der Waals surface area contributed by atoms with Crippen LogP contribution in [0.5, 0.6) is 0 Å². The molecule has 0 aliphatic carbocycles. The number of hydrogen-bond donors (Lipinski definition) is 1. The van der Waals surface area contributed by atoms with Gasteiger partial charge in [-0.25, -0.2) is 4.79 Å². The third kappa shape index (κ3) is 3.38. The summed E-state index contributed by atoms with van der Waals surface area (Å²) in [5, 5.41) is 9.51. The Morgan fingerprint density at radius 3 is 2.12 bits per heavy atom. The molecule has 0 saturated carbocycles. The van der Waals surface area contributed by atoms with E-state index < -0.39 is 5.97 Å². The van der Waals surface area contributed by atoms with Crippen LogP contribution in [0, 0.1) is 5.41 Å². The number of carbonyl (C=O) groups is 1. The predicted octanol–water partition coefficient (Wildman–Crippen LogP) is 3.85. The second-order valence-electron chi connectivity index (χ2n) is 4.65. The maximum atomic E-state index is 10.8. The van der Waals surface area contributed by atoms with Gasteiger partial charge in [-0.05, 0) is 28.7 Å². The Morgan fingerprint density at radius 1 is 1.25 bits per heavy atom. The van der Waals surface area contributed by atoms with E-state index in [1.54, 1.807) is 12.1 Å². The first-order valence-corrected chi connectivity index (χ1v) is 5.39. The Kier molecular flexibility index (Phi) is 3.76. The number of halogens is 1. The van der Waals surface area contributed by atoms with Gasteiger partial charge in [0.05, 0.1) is 0 Å². The average molecular weight is 239 g/mol. The van der Waals surface area contributed by atoms with Gasteiger partial charge in [-0.3, -0.25) is 0 Å². The second kappa shape index (κ2) is 4.71. The van der Waals surface area contributed by atoms with E-state index in [2.05, 4.69) is 0 Å². The van der Waals surface area contributed by atoms with Crippen molar-refractivity contribution >= 4 is 23.1 Å². The first-order valence-electron chi connectivity index (χ1n) is 5.02. The number of carboxylic acids is 1. The molecule has 0 spiro atoms. The minimum Gasteiger partial charge on any atom is -0.478 e. The summed E-state index contributed by atoms with van der Waals surface area (Å²) in [6, 6.07) is 7.20. The van der Waals surface area contributed by atoms with E-state index in [1.807, 2.05) is 32.9 Å². The maximum Gasteiger partial charge on any atom is 0.328 e. The summed E-state index contributed by atoms with van der Waals surface area (Å²) < 4.78 is 0. The zero-order valence-electron chi connectivity index (χ0n) is 9.62. The largest absolute Gasteiger partial charge is 0.478 e. The molecule has 0 atom stereocenters. The van der Waals surface area contributed by atoms with Crippen molar-refractivity contribution in [3.63, 3.8) is 0 Å². The second-order valence-corrected chi connectivity index (χ2v) is 5.09. The fraction of sp³-hybridized carbons (Fsp3) is 0.308. The maximum absolute atomic E-state index is 10.8. The van der Waals surface area contributed by atoms with Gasteiger partial charge in [-0.1, -0.05) is 44.5 Å². The van der Waals surface area contributed by atoms with E-state index in [-0.39, 0.29) is 5.41 Å². The molecule has 0 radical (unpaired) electrons. The summed E-state index contributed by atoms with van der Waals surface area (Å²) in [6.45, 7) is 5.95. The molecule has 0 aliphatic rings. The highest BCUT2D eigenvalue weighted by Crippen LogP contribution is 2.34. The van der Waals surface area contributed by atoms with Gasteiger partial charge < -0.3 is 5.11 Å². The Balaban J connectivity index is 3.23. The fourth-order valence-electron chi connectivity index (χ4n) is 1.49. The van der Waals surface area contributed by atoms with Crippen LogP contribution in [-0.2, 0) is 4.79 Å². The molecule has 0 aromatic heterocycles. The normalized spacial score (nSPS) is 12.6. The van der Waals surface area contributed by atoms with Crippen molar-refractivity contribution in [2.75, 3.05) is 0 Å². The zero-order chi connectivity index (χ0) is 12.3. The standard InChI is InChI=1S/C13H15ClO2/c1-13(2,3)11(8-12(15)16)9-4-6-10(14)7-5-9/h4-8H,1-3H3,(H,15,16)/b11-8-. The van der Waals surface area contributed by atoms with Gasteiger partial charge in [0.15, 0.2) is 0 Å². The highest BCUT2D eigenvalue weighted by molar-refractivity contribution is 6.30. The molecule has 0 saturated heterocycles. The predicted molar refractivity (Wildman–Crippen MR) is 66.5 cm³/mol. The third-order valence-electron chi connectivity index (χ3n) is 2.23. The number of allylic oxidation sites excluding steroid dienone is 1. The minimum atomic E-state index is -0.931. The first kappa shape index (κ1) is 12.8. The molecule has 1 rings (SSSR count). The van der Waals surface area contributed by atoms with Gasteiger partial charge in [0.1, 0.15) is 0 Å². The summed E-state index contributed by atoms with van der Waals surface area (Å²) in [4.78, 5) is 10.8. The van der Waals surface area contributed by atoms with Crippen molar-refractivity contribution in [3.8, 4) is 0 Å². The molecule has 0 fully saturated rings. The van der Waals surface area contributed by atoms with E-state index in [4.69, 9.17) is 16.7 Å². The number of rotatable bonds is 2. The number of hydrogen-bond acceptors (Lipinski definition) is 1. The van der Waals surface area contributed by atoms with Crippen molar-refractivity contribution in [1.82, 2.24) is 0 Å². The van der Waals surface area contributed by atoms with Crippen LogP contribution in [0.3, 0.4) is 0 Å². The minimum absolute atomic E-state index is 0.216. The van der Waals surface area contributed by atoms with Gasteiger partial charge >= 0.3 is 5.97 Å². The molecule has 0 amide bonds. The van der Waals surface area contributed by atoms with Crippen LogP contribution in [0.15, 0.2) is 30.3 Å². The molecule has 0 bridgehead atoms. The Hall–Kier alpha value is -1.28. The van der Waals surface area contributed by atoms with Crippen LogP contribution in [-0.4, -0.2) is 11.1 Å². The monoisotopic (exact) mass is 238 g/mol. The van der Waals surface area contributed by atoms with Crippen molar-refractivity contribution in [2.45, 2.75) is 20.8 Å². The third-order valence-corrected chi connectivity index (χ3v) is 2.48. The first-order chi connectivity index (χ1) is 7.30. The lowest BCUT2D eigenvalue weighted by atomic mass is 9.82. The summed E-state index contributed by atoms with van der Waals surface area (Å²) in [5.74, 6) is -0.931. The van der Waals surface area contributed by atoms with Crippen LogP contribution in [0.25, 0.3) is 5.57 Å². The van der Waals surface area contributed by atoms with Crippen LogP contribution in [0.1, 0.15) is 26.3 Å². The van der Waals surface area contributed by atoms with Crippen molar-refractivity contribution in [2.24, 2.45) is 5.41 Å². The van der Waals surface area contributed by atoms with Gasteiger partial charge in [0, 0.05) is 11.1 Å². The SMILES string of the molecule is CC(C)(C)/C(=C\C(=O)O)c1ccc(Cl)cc1. The highest BCUT2D eigenvalue weighted by Gasteiger charge is 2.19. The Bertz CT molecular complexity index is 411. The molecule has 0 unspecified atom stereocenters. The summed E-state index contributed by atoms with van der Waals surface area (Å²) in [6.07, 6.45) is 1.25. The lowest BCUT2D eigenvalue weighted by Gasteiger charge is -2.23. The van der Waals surface area contributed by atoms with Gasteiger partial charge in [-0.15, -0.1) is 0 Å². The smallest absolute Gasteiger partial charge is 0.328 e. The summed E-state index contributed by atoms with van der Waals surface area (Å²) in [7, 11) is 0. The topological polar surface area (TPSA) is 37.3 Å². The van der Waals surface area contributed by atoms with Crippen molar-refractivity contribution in [1.29, 1.82) is 0 Å². The molecule has 86 valence electrons. The Morgan fingerprint density at radius 2 is 1.75 bits per heavy atom. The van der Waals surface area contributed by atoms with E-state index >= 15 is 0 Å². The van der Waals surface area contributed by atoms with Crippen LogP contribution in [0.2, 0.25) is 5.02 Å². The van der Waals surface area contributed by atoms with E-state index in [0.29, 0.717) is 5.02 Å². The molecule has 1 N–H and O–H groups in total. The highest BCUT2D eigenvalue weighted by atomic mass is 35.5. The van der Waals surface area contributed by atoms with Gasteiger partial charge in [-0.2, -0.15) is 0 Å². The fourth-order valence-corrected chi connectivity index (χ4v) is 1.61. The van der Waals surface area contributed by atoms with Crippen LogP contribution >= 0.6 is 11.6 Å². The molecular weight excluding hydrogens is 224 g/mol. The molecule has 16 heavy (non-hydrogen) atoms. The molecular formula is C13H15ClO2.